The van der Waals surface area contributed by atoms with Gasteiger partial charge in [0.1, 0.15) is 11.7 Å². The zero-order valence-corrected chi connectivity index (χ0v) is 12.0. The smallest absolute Gasteiger partial charge is 0.154 e. The Kier molecular flexibility index (Phi) is 5.11. The number of nitrogens with zero attached hydrogens (tertiary/aromatic N) is 1. The van der Waals surface area contributed by atoms with Crippen LogP contribution >= 0.6 is 0 Å². The molecule has 0 aromatic heterocycles. The van der Waals surface area contributed by atoms with Crippen molar-refractivity contribution in [2.75, 3.05) is 7.11 Å². The second-order valence-corrected chi connectivity index (χ2v) is 4.79. The molecule has 0 bridgehead atoms. The monoisotopic (exact) mass is 279 g/mol. The van der Waals surface area contributed by atoms with Crippen LogP contribution in [-0.4, -0.2) is 12.9 Å². The topological polar surface area (TPSA) is 50.1 Å². The largest absolute Gasteiger partial charge is 0.497 e. The zero-order valence-electron chi connectivity index (χ0n) is 12.0. The van der Waals surface area contributed by atoms with Gasteiger partial charge in [0.05, 0.1) is 13.2 Å². The molecule has 0 fully saturated rings. The van der Waals surface area contributed by atoms with E-state index in [4.69, 9.17) is 4.74 Å². The lowest BCUT2D eigenvalue weighted by molar-refractivity contribution is -0.119. The molecular formula is C18H17NO2. The molecule has 0 saturated heterocycles. The molecule has 2 rings (SSSR count). The van der Waals surface area contributed by atoms with E-state index in [0.717, 1.165) is 11.1 Å². The first-order valence-electron chi connectivity index (χ1n) is 6.85. The normalized spacial score (nSPS) is 11.4. The summed E-state index contributed by atoms with van der Waals surface area (Å²) < 4.78 is 5.08. The second-order valence-electron chi connectivity index (χ2n) is 4.79. The van der Waals surface area contributed by atoms with Gasteiger partial charge in [-0.05, 0) is 29.7 Å². The van der Waals surface area contributed by atoms with E-state index in [-0.39, 0.29) is 5.78 Å². The molecule has 1 unspecified atom stereocenters. The van der Waals surface area contributed by atoms with Crippen molar-refractivity contribution in [2.24, 2.45) is 0 Å². The van der Waals surface area contributed by atoms with Crippen molar-refractivity contribution in [1.82, 2.24) is 0 Å². The van der Waals surface area contributed by atoms with Crippen LogP contribution in [0, 0.1) is 11.3 Å². The number of methoxy groups -OCH3 is 1. The van der Waals surface area contributed by atoms with Crippen LogP contribution < -0.4 is 4.74 Å². The molecule has 106 valence electrons. The van der Waals surface area contributed by atoms with Crippen molar-refractivity contribution >= 4 is 5.78 Å². The Morgan fingerprint density at radius 1 is 1.14 bits per heavy atom. The van der Waals surface area contributed by atoms with E-state index >= 15 is 0 Å². The minimum absolute atomic E-state index is 0.0495. The summed E-state index contributed by atoms with van der Waals surface area (Å²) in [5.74, 6) is -0.0432. The molecule has 0 aliphatic heterocycles. The number of hydrogen-bond acceptors (Lipinski definition) is 3. The number of ether oxygens (including phenoxy) is 1. The molecule has 2 aromatic rings. The van der Waals surface area contributed by atoms with Gasteiger partial charge in [-0.1, -0.05) is 42.5 Å². The molecule has 21 heavy (non-hydrogen) atoms. The van der Waals surface area contributed by atoms with Crippen LogP contribution in [0.4, 0.5) is 0 Å². The first-order valence-corrected chi connectivity index (χ1v) is 6.85. The van der Waals surface area contributed by atoms with Crippen LogP contribution in [0.5, 0.6) is 5.75 Å². The van der Waals surface area contributed by atoms with E-state index in [9.17, 15) is 10.1 Å². The second kappa shape index (κ2) is 7.25. The van der Waals surface area contributed by atoms with Crippen LogP contribution in [0.1, 0.15) is 23.5 Å². The summed E-state index contributed by atoms with van der Waals surface area (Å²) in [6.45, 7) is 0. The minimum atomic E-state index is -0.709. The quantitative estimate of drug-likeness (QED) is 0.813. The predicted molar refractivity (Wildman–Crippen MR) is 81.1 cm³/mol. The lowest BCUT2D eigenvalue weighted by Gasteiger charge is -2.09. The van der Waals surface area contributed by atoms with Gasteiger partial charge in [-0.2, -0.15) is 5.26 Å². The maximum atomic E-state index is 12.2. The summed E-state index contributed by atoms with van der Waals surface area (Å²) in [7, 11) is 1.59. The number of Topliss-reactive ketones (excluding diaryl/α,β-unsaturated/α-hetero) is 1. The van der Waals surface area contributed by atoms with Gasteiger partial charge in [0.25, 0.3) is 0 Å². The van der Waals surface area contributed by atoms with Gasteiger partial charge < -0.3 is 4.74 Å². The SMILES string of the molecule is COc1ccc(C(C#N)C(=O)CCc2ccccc2)cc1. The summed E-state index contributed by atoms with van der Waals surface area (Å²) in [6, 6.07) is 19.0. The molecule has 0 aliphatic rings. The molecule has 3 heteroatoms. The van der Waals surface area contributed by atoms with Crippen molar-refractivity contribution < 1.29 is 9.53 Å². The molecule has 1 atom stereocenters. The molecule has 3 nitrogen and oxygen atoms in total. The third-order valence-corrected chi connectivity index (χ3v) is 3.40. The molecule has 0 spiro atoms. The van der Waals surface area contributed by atoms with Crippen molar-refractivity contribution in [1.29, 1.82) is 5.26 Å². The number of carbonyl (C=O) groups excluding carboxylic acids is 1. The van der Waals surface area contributed by atoms with E-state index in [0.29, 0.717) is 18.6 Å². The summed E-state index contributed by atoms with van der Waals surface area (Å²) in [5.41, 5.74) is 1.83. The van der Waals surface area contributed by atoms with Gasteiger partial charge in [-0.3, -0.25) is 4.79 Å². The molecule has 0 aliphatic carbocycles. The Hall–Kier alpha value is -2.60. The Labute approximate surface area is 124 Å². The number of hydrogen-bond donors (Lipinski definition) is 0. The van der Waals surface area contributed by atoms with E-state index < -0.39 is 5.92 Å². The van der Waals surface area contributed by atoms with E-state index in [1.807, 2.05) is 30.3 Å². The van der Waals surface area contributed by atoms with Crippen molar-refractivity contribution in [3.63, 3.8) is 0 Å². The summed E-state index contributed by atoms with van der Waals surface area (Å²) in [5, 5.41) is 9.27. The van der Waals surface area contributed by atoms with E-state index in [1.165, 1.54) is 0 Å². The van der Waals surface area contributed by atoms with Crippen LogP contribution in [-0.2, 0) is 11.2 Å². The Morgan fingerprint density at radius 2 is 1.81 bits per heavy atom. The molecule has 0 amide bonds. The fourth-order valence-electron chi connectivity index (χ4n) is 2.19. The highest BCUT2D eigenvalue weighted by Crippen LogP contribution is 2.21. The summed E-state index contributed by atoms with van der Waals surface area (Å²) in [4.78, 5) is 12.2. The van der Waals surface area contributed by atoms with Gasteiger partial charge in [0, 0.05) is 6.42 Å². The predicted octanol–water partition coefficient (Wildman–Crippen LogP) is 3.50. The van der Waals surface area contributed by atoms with Gasteiger partial charge in [-0.15, -0.1) is 0 Å². The first kappa shape index (κ1) is 14.8. The minimum Gasteiger partial charge on any atom is -0.497 e. The van der Waals surface area contributed by atoms with Crippen molar-refractivity contribution in [3.05, 3.63) is 65.7 Å². The lowest BCUT2D eigenvalue weighted by Crippen LogP contribution is -2.11. The third-order valence-electron chi connectivity index (χ3n) is 3.40. The maximum absolute atomic E-state index is 12.2. The van der Waals surface area contributed by atoms with Gasteiger partial charge in [0.15, 0.2) is 5.78 Å². The van der Waals surface area contributed by atoms with Gasteiger partial charge >= 0.3 is 0 Å². The fraction of sp³-hybridized carbons (Fsp3) is 0.222. The highest BCUT2D eigenvalue weighted by Gasteiger charge is 2.19. The Bertz CT molecular complexity index is 627. The zero-order chi connectivity index (χ0) is 15.1. The molecule has 2 aromatic carbocycles. The number of carbonyl (C=O) groups is 1. The van der Waals surface area contributed by atoms with E-state index in [2.05, 4.69) is 6.07 Å². The van der Waals surface area contributed by atoms with Gasteiger partial charge in [0.2, 0.25) is 0 Å². The van der Waals surface area contributed by atoms with Crippen molar-refractivity contribution in [3.8, 4) is 11.8 Å². The van der Waals surface area contributed by atoms with Crippen LogP contribution in [0.25, 0.3) is 0 Å². The molecule has 0 radical (unpaired) electrons. The highest BCUT2D eigenvalue weighted by molar-refractivity contribution is 5.88. The molecular weight excluding hydrogens is 262 g/mol. The number of rotatable bonds is 6. The number of benzene rings is 2. The van der Waals surface area contributed by atoms with Crippen LogP contribution in [0.3, 0.4) is 0 Å². The third kappa shape index (κ3) is 3.93. The van der Waals surface area contributed by atoms with Crippen LogP contribution in [0.2, 0.25) is 0 Å². The molecule has 0 saturated carbocycles. The van der Waals surface area contributed by atoms with Crippen molar-refractivity contribution in [2.45, 2.75) is 18.8 Å². The molecule has 0 heterocycles. The van der Waals surface area contributed by atoms with E-state index in [1.54, 1.807) is 31.4 Å². The maximum Gasteiger partial charge on any atom is 0.154 e. The first-order chi connectivity index (χ1) is 10.2. The Morgan fingerprint density at radius 3 is 2.38 bits per heavy atom. The number of aryl methyl sites for hydroxylation is 1. The average molecular weight is 279 g/mol. The lowest BCUT2D eigenvalue weighted by atomic mass is 9.92. The van der Waals surface area contributed by atoms with Gasteiger partial charge in [-0.25, -0.2) is 0 Å². The average Bonchev–Trinajstić information content (AvgIpc) is 2.55. The summed E-state index contributed by atoms with van der Waals surface area (Å²) >= 11 is 0. The highest BCUT2D eigenvalue weighted by atomic mass is 16.5. The standard InChI is InChI=1S/C18H17NO2/c1-21-16-10-8-15(9-11-16)17(13-19)18(20)12-7-14-5-3-2-4-6-14/h2-6,8-11,17H,7,12H2,1H3. The molecule has 0 N–H and O–H groups in total. The Balaban J connectivity index is 2.03. The van der Waals surface area contributed by atoms with Crippen LogP contribution in [0.15, 0.2) is 54.6 Å². The number of ketones is 1. The summed E-state index contributed by atoms with van der Waals surface area (Å²) in [6.07, 6.45) is 1.03. The fourth-order valence-corrected chi connectivity index (χ4v) is 2.19. The number of nitriles is 1.